The van der Waals surface area contributed by atoms with E-state index in [2.05, 4.69) is 5.32 Å². The Balaban J connectivity index is 1.32. The topological polar surface area (TPSA) is 177 Å². The summed E-state index contributed by atoms with van der Waals surface area (Å²) in [4.78, 5) is 62.3. The van der Waals surface area contributed by atoms with Crippen LogP contribution in [0.5, 0.6) is 0 Å². The highest BCUT2D eigenvalue weighted by atomic mass is 35.5. The maximum atomic E-state index is 15.3. The van der Waals surface area contributed by atoms with Gasteiger partial charge < -0.3 is 30.3 Å². The molecule has 2 fully saturated rings. The summed E-state index contributed by atoms with van der Waals surface area (Å²) >= 11 is 10.6. The number of carbonyl (C=O) groups is 3. The molecule has 16 heteroatoms. The molecule has 0 saturated carbocycles. The number of fused-ring (bicyclic) bond motifs is 2. The second-order valence-corrected chi connectivity index (χ2v) is 16.7. The number of Topliss-reactive ketones (excluding diaryl/α,β-unsaturated/α-hetero) is 2. The van der Waals surface area contributed by atoms with Gasteiger partial charge in [-0.25, -0.2) is 9.98 Å². The molecule has 2 saturated heterocycles. The Morgan fingerprint density at radius 3 is 2.11 bits per heavy atom. The first-order valence-corrected chi connectivity index (χ1v) is 20.3. The van der Waals surface area contributed by atoms with Crippen molar-refractivity contribution in [2.75, 3.05) is 12.4 Å². The van der Waals surface area contributed by atoms with E-state index in [1.807, 2.05) is 31.2 Å². The highest BCUT2D eigenvalue weighted by molar-refractivity contribution is 8.01. The van der Waals surface area contributed by atoms with Crippen LogP contribution in [-0.4, -0.2) is 120 Å². The van der Waals surface area contributed by atoms with Gasteiger partial charge in [0.2, 0.25) is 17.1 Å². The molecule has 1 aromatic heterocycles. The van der Waals surface area contributed by atoms with Crippen LogP contribution in [0.4, 0.5) is 0 Å². The number of carbonyl (C=O) groups excluding carboxylic acids is 3. The van der Waals surface area contributed by atoms with Crippen molar-refractivity contribution in [2.45, 2.75) is 58.7 Å². The lowest BCUT2D eigenvalue weighted by Gasteiger charge is -2.55. The van der Waals surface area contributed by atoms with Crippen molar-refractivity contribution in [3.05, 3.63) is 132 Å². The molecule has 0 spiro atoms. The minimum Gasteiger partial charge on any atom is -0.394 e. The maximum Gasteiger partial charge on any atom is 0.259 e. The van der Waals surface area contributed by atoms with E-state index in [-0.39, 0.29) is 22.5 Å². The summed E-state index contributed by atoms with van der Waals surface area (Å²) in [7, 11) is 0. The van der Waals surface area contributed by atoms with Gasteiger partial charge in [0, 0.05) is 22.4 Å². The fourth-order valence-electron chi connectivity index (χ4n) is 7.32. The molecule has 1 amide bonds. The number of nitrogens with one attached hydrogen (secondary N) is 1. The number of alkyl halides is 1. The van der Waals surface area contributed by atoms with E-state index in [0.29, 0.717) is 5.75 Å². The van der Waals surface area contributed by atoms with Crippen molar-refractivity contribution in [3.8, 4) is 0 Å². The molecule has 57 heavy (non-hydrogen) atoms. The number of ketones is 2. The Morgan fingerprint density at radius 2 is 1.49 bits per heavy atom. The molecule has 3 aliphatic rings. The quantitative estimate of drug-likeness (QED) is 0.0642. The van der Waals surface area contributed by atoms with Crippen LogP contribution in [0.25, 0.3) is 10.2 Å². The molecule has 4 heterocycles. The molecular formula is C41H37ClN6O7S2. The van der Waals surface area contributed by atoms with Crippen molar-refractivity contribution in [1.82, 2.24) is 20.1 Å². The normalized spacial score (nSPS) is 28.0. The van der Waals surface area contributed by atoms with Crippen LogP contribution in [0.2, 0.25) is 0 Å². The van der Waals surface area contributed by atoms with Crippen LogP contribution < -0.4 is 5.32 Å². The van der Waals surface area contributed by atoms with Gasteiger partial charge in [0.25, 0.3) is 11.0 Å². The zero-order valence-electron chi connectivity index (χ0n) is 30.3. The van der Waals surface area contributed by atoms with Crippen molar-refractivity contribution in [3.63, 3.8) is 0 Å². The Kier molecular flexibility index (Phi) is 10.7. The van der Waals surface area contributed by atoms with Crippen molar-refractivity contribution >= 4 is 74.6 Å². The number of aliphatic imine (C=N–C) groups is 2. The zero-order valence-corrected chi connectivity index (χ0v) is 32.7. The Labute approximate surface area is 340 Å². The lowest BCUT2D eigenvalue weighted by atomic mass is 9.81. The summed E-state index contributed by atoms with van der Waals surface area (Å²) in [5.74, 6) is -1.83. The van der Waals surface area contributed by atoms with E-state index in [4.69, 9.17) is 31.3 Å². The predicted octanol–water partition coefficient (Wildman–Crippen LogP) is 4.43. The van der Waals surface area contributed by atoms with Crippen molar-refractivity contribution in [1.29, 1.82) is 0 Å². The Morgan fingerprint density at radius 1 is 0.895 bits per heavy atom. The molecule has 8 atom stereocenters. The van der Waals surface area contributed by atoms with Gasteiger partial charge in [0.1, 0.15) is 24.1 Å². The molecule has 5 unspecified atom stereocenters. The number of nitrogens with zero attached hydrogens (tertiary/aromatic N) is 5. The Bertz CT molecular complexity index is 2320. The van der Waals surface area contributed by atoms with Gasteiger partial charge >= 0.3 is 0 Å². The maximum absolute atomic E-state index is 15.3. The van der Waals surface area contributed by atoms with Crippen LogP contribution in [-0.2, 0) is 4.74 Å². The molecule has 13 nitrogen and oxygen atoms in total. The molecule has 3 aliphatic heterocycles. The zero-order chi connectivity index (χ0) is 39.9. The van der Waals surface area contributed by atoms with E-state index in [0.717, 1.165) is 19.5 Å². The van der Waals surface area contributed by atoms with Crippen molar-refractivity contribution in [2.24, 2.45) is 9.98 Å². The van der Waals surface area contributed by atoms with Gasteiger partial charge in [0.15, 0.2) is 16.7 Å². The molecule has 5 aromatic rings. The lowest BCUT2D eigenvalue weighted by molar-refractivity contribution is -0.108. The average molecular weight is 825 g/mol. The molecule has 292 valence electrons. The minimum atomic E-state index is -2.46. The number of thioether (sulfide) groups is 1. The standard InChI is InChI=1S/C41H37ClN6O7S2/c1-24(22-56-39-45-28-19-11-12-20-30(28)57-39)44-37-40(33(52)25-13-5-2-6-14-25)38(47(23-43-40)36-32(51)31(50)29(21-49)55-36)48(35(54)27-17-9-4-10-18-27)41(42,46-37)34(53)26-15-7-3-8-16-26/h2-20,23-24,29,31-32,36,38,49-51H,21-22H2,1H3,(H,44,46)/t24-,29+,31?,32?,36+,38?,40?,41?/m0/s1. The highest BCUT2D eigenvalue weighted by Gasteiger charge is 2.70. The average Bonchev–Trinajstić information content (AvgIpc) is 3.93. The van der Waals surface area contributed by atoms with Gasteiger partial charge in [-0.1, -0.05) is 114 Å². The summed E-state index contributed by atoms with van der Waals surface area (Å²) in [6.07, 6.45) is -6.29. The molecular weight excluding hydrogens is 788 g/mol. The third kappa shape index (κ3) is 6.82. The third-order valence-electron chi connectivity index (χ3n) is 10.1. The van der Waals surface area contributed by atoms with Gasteiger partial charge in [-0.05, 0) is 31.2 Å². The van der Waals surface area contributed by atoms with Crippen molar-refractivity contribution < 1.29 is 34.4 Å². The number of aliphatic hydroxyl groups excluding tert-OH is 3. The van der Waals surface area contributed by atoms with Crippen LogP contribution >= 0.6 is 34.7 Å². The summed E-state index contributed by atoms with van der Waals surface area (Å²) in [6.45, 7) is 1.19. The largest absolute Gasteiger partial charge is 0.394 e. The Hall–Kier alpha value is -5.00. The van der Waals surface area contributed by atoms with Gasteiger partial charge in [0.05, 0.1) is 29.2 Å². The number of hydrogen-bond donors (Lipinski definition) is 4. The summed E-state index contributed by atoms with van der Waals surface area (Å²) < 4.78 is 7.86. The van der Waals surface area contributed by atoms with E-state index >= 15 is 9.59 Å². The minimum absolute atomic E-state index is 0.111. The van der Waals surface area contributed by atoms with Crippen LogP contribution in [0.3, 0.4) is 0 Å². The first-order valence-electron chi connectivity index (χ1n) is 18.1. The number of hydrogen-bond acceptors (Lipinski definition) is 13. The number of amides is 1. The van der Waals surface area contributed by atoms with E-state index in [9.17, 15) is 20.1 Å². The number of benzene rings is 4. The summed E-state index contributed by atoms with van der Waals surface area (Å²) in [5, 5.41) is 33.0. The number of ether oxygens (including phenoxy) is 1. The van der Waals surface area contributed by atoms with E-state index in [1.165, 1.54) is 34.3 Å². The number of thiazole rings is 1. The van der Waals surface area contributed by atoms with E-state index < -0.39 is 71.5 Å². The molecule has 0 radical (unpaired) electrons. The van der Waals surface area contributed by atoms with Crippen LogP contribution in [0, 0.1) is 0 Å². The number of aromatic nitrogens is 1. The molecule has 4 aromatic carbocycles. The fourth-order valence-corrected chi connectivity index (χ4v) is 9.72. The van der Waals surface area contributed by atoms with E-state index in [1.54, 1.807) is 91.0 Å². The molecule has 0 bridgehead atoms. The van der Waals surface area contributed by atoms with Gasteiger partial charge in [-0.3, -0.25) is 24.3 Å². The second kappa shape index (κ2) is 15.7. The molecule has 0 aliphatic carbocycles. The van der Waals surface area contributed by atoms with Gasteiger partial charge in [-0.15, -0.1) is 11.3 Å². The monoisotopic (exact) mass is 824 g/mol. The van der Waals surface area contributed by atoms with Gasteiger partial charge in [-0.2, -0.15) is 0 Å². The number of amidine groups is 1. The highest BCUT2D eigenvalue weighted by Crippen LogP contribution is 2.46. The SMILES string of the molecule is C[C@@H](CSc1nc2ccccc2s1)N=C1NC(Cl)(C(=O)c2ccccc2)N(C(=O)c2ccccc2)C2N([C@@H]3O[C@H](CO)C(O)C3O)C=NC12C(=O)c1ccccc1. The first-order chi connectivity index (χ1) is 27.6. The molecule has 8 rings (SSSR count). The smallest absolute Gasteiger partial charge is 0.259 e. The summed E-state index contributed by atoms with van der Waals surface area (Å²) in [5.41, 5.74) is -0.795. The second-order valence-electron chi connectivity index (χ2n) is 13.8. The summed E-state index contributed by atoms with van der Waals surface area (Å²) in [6, 6.07) is 31.8. The first kappa shape index (κ1) is 38.9. The molecule has 4 N–H and O–H groups in total. The fraction of sp³-hybridized carbons (Fsp3) is 0.268. The number of halogens is 1. The number of rotatable bonds is 11. The van der Waals surface area contributed by atoms with Crippen LogP contribution in [0.1, 0.15) is 38.0 Å². The number of para-hydroxylation sites is 1. The number of aliphatic hydroxyl groups is 3. The lowest BCUT2D eigenvalue weighted by Crippen LogP contribution is -2.82. The van der Waals surface area contributed by atoms with Crippen LogP contribution in [0.15, 0.2) is 130 Å². The predicted molar refractivity (Wildman–Crippen MR) is 218 cm³/mol. The third-order valence-corrected chi connectivity index (χ3v) is 13.0.